The molecule has 19 heavy (non-hydrogen) atoms. The van der Waals surface area contributed by atoms with Gasteiger partial charge in [0.15, 0.2) is 0 Å². The quantitative estimate of drug-likeness (QED) is 0.851. The summed E-state index contributed by atoms with van der Waals surface area (Å²) in [5, 5.41) is 21.5. The summed E-state index contributed by atoms with van der Waals surface area (Å²) in [6.45, 7) is 0. The molecule has 0 unspecified atom stereocenters. The minimum atomic E-state index is 0.196. The van der Waals surface area contributed by atoms with E-state index in [-0.39, 0.29) is 5.15 Å². The van der Waals surface area contributed by atoms with E-state index < -0.39 is 0 Å². The van der Waals surface area contributed by atoms with Crippen LogP contribution in [0.25, 0.3) is 0 Å². The molecule has 92 valence electrons. The Kier molecular flexibility index (Phi) is 3.87. The normalized spacial score (nSPS) is 9.47. The Hall–Kier alpha value is -2.27. The van der Waals surface area contributed by atoms with Crippen LogP contribution in [0.1, 0.15) is 11.1 Å². The van der Waals surface area contributed by atoms with E-state index in [0.717, 1.165) is 0 Å². The third-order valence-electron chi connectivity index (χ3n) is 2.29. The zero-order valence-electron chi connectivity index (χ0n) is 9.48. The first-order valence-corrected chi connectivity index (χ1v) is 5.92. The summed E-state index contributed by atoms with van der Waals surface area (Å²) < 4.78 is 0. The number of pyridine rings is 1. The van der Waals surface area contributed by atoms with Crippen LogP contribution in [0.2, 0.25) is 10.2 Å². The third kappa shape index (κ3) is 3.14. The van der Waals surface area contributed by atoms with E-state index in [1.54, 1.807) is 18.2 Å². The predicted molar refractivity (Wildman–Crippen MR) is 73.4 cm³/mol. The molecule has 1 N–H and O–H groups in total. The van der Waals surface area contributed by atoms with E-state index >= 15 is 0 Å². The number of hydrogen-bond acceptors (Lipinski definition) is 4. The Balaban J connectivity index is 2.42. The molecule has 0 aliphatic rings. The fourth-order valence-electron chi connectivity index (χ4n) is 1.48. The molecule has 0 fully saturated rings. The number of benzene rings is 1. The zero-order valence-corrected chi connectivity index (χ0v) is 11.0. The Morgan fingerprint density at radius 3 is 2.53 bits per heavy atom. The molecule has 1 heterocycles. The first-order valence-electron chi connectivity index (χ1n) is 5.17. The first-order chi connectivity index (χ1) is 9.12. The lowest BCUT2D eigenvalue weighted by atomic mass is 10.2. The highest BCUT2D eigenvalue weighted by Gasteiger charge is 2.06. The van der Waals surface area contributed by atoms with Gasteiger partial charge in [0, 0.05) is 5.02 Å². The monoisotopic (exact) mass is 288 g/mol. The van der Waals surface area contributed by atoms with Gasteiger partial charge in [0.25, 0.3) is 0 Å². The molecule has 0 saturated heterocycles. The first kappa shape index (κ1) is 13.2. The number of hydrogen-bond donors (Lipinski definition) is 1. The van der Waals surface area contributed by atoms with Gasteiger partial charge in [0.05, 0.1) is 22.9 Å². The van der Waals surface area contributed by atoms with Crippen LogP contribution >= 0.6 is 23.2 Å². The van der Waals surface area contributed by atoms with Crippen LogP contribution < -0.4 is 5.32 Å². The number of nitrogens with zero attached hydrogens (tertiary/aromatic N) is 3. The summed E-state index contributed by atoms with van der Waals surface area (Å²) in [7, 11) is 0. The minimum absolute atomic E-state index is 0.196. The number of nitriles is 2. The van der Waals surface area contributed by atoms with E-state index in [9.17, 15) is 0 Å². The molecule has 4 nitrogen and oxygen atoms in total. The molecular weight excluding hydrogens is 283 g/mol. The second-order valence-corrected chi connectivity index (χ2v) is 4.43. The molecule has 0 bridgehead atoms. The molecule has 0 aliphatic heterocycles. The standard InChI is InChI=1S/C13H6Cl2N4/c14-10-2-1-9(7-17)11(5-10)18-13-4-8(6-16)3-12(15)19-13/h1-5H,(H,18,19). The largest absolute Gasteiger partial charge is 0.339 e. The second-order valence-electron chi connectivity index (χ2n) is 3.60. The Morgan fingerprint density at radius 2 is 1.84 bits per heavy atom. The lowest BCUT2D eigenvalue weighted by molar-refractivity contribution is 1.29. The van der Waals surface area contributed by atoms with Crippen molar-refractivity contribution in [1.29, 1.82) is 10.5 Å². The maximum Gasteiger partial charge on any atom is 0.133 e. The van der Waals surface area contributed by atoms with Gasteiger partial charge in [-0.25, -0.2) is 4.98 Å². The molecule has 0 atom stereocenters. The summed E-state index contributed by atoms with van der Waals surface area (Å²) in [6.07, 6.45) is 0. The molecule has 2 aromatic rings. The lowest BCUT2D eigenvalue weighted by Crippen LogP contribution is -1.97. The van der Waals surface area contributed by atoms with Crippen LogP contribution in [-0.4, -0.2) is 4.98 Å². The topological polar surface area (TPSA) is 72.5 Å². The Bertz CT molecular complexity index is 714. The molecule has 0 radical (unpaired) electrons. The molecule has 0 saturated carbocycles. The second kappa shape index (κ2) is 5.58. The van der Waals surface area contributed by atoms with Crippen molar-refractivity contribution < 1.29 is 0 Å². The summed E-state index contributed by atoms with van der Waals surface area (Å²) >= 11 is 11.7. The molecule has 1 aromatic heterocycles. The van der Waals surface area contributed by atoms with Gasteiger partial charge in [-0.2, -0.15) is 10.5 Å². The van der Waals surface area contributed by atoms with Crippen LogP contribution in [0.5, 0.6) is 0 Å². The van der Waals surface area contributed by atoms with Gasteiger partial charge in [-0.05, 0) is 30.3 Å². The maximum absolute atomic E-state index is 9.01. The number of anilines is 2. The van der Waals surface area contributed by atoms with Crippen molar-refractivity contribution in [2.24, 2.45) is 0 Å². The highest BCUT2D eigenvalue weighted by Crippen LogP contribution is 2.24. The van der Waals surface area contributed by atoms with E-state index in [1.165, 1.54) is 12.1 Å². The van der Waals surface area contributed by atoms with Gasteiger partial charge in [0.1, 0.15) is 17.0 Å². The highest BCUT2D eigenvalue weighted by molar-refractivity contribution is 6.31. The highest BCUT2D eigenvalue weighted by atomic mass is 35.5. The van der Waals surface area contributed by atoms with Crippen molar-refractivity contribution in [2.75, 3.05) is 5.32 Å². The maximum atomic E-state index is 9.01. The third-order valence-corrected chi connectivity index (χ3v) is 2.72. The van der Waals surface area contributed by atoms with Crippen molar-refractivity contribution >= 4 is 34.7 Å². The van der Waals surface area contributed by atoms with Gasteiger partial charge < -0.3 is 5.32 Å². The van der Waals surface area contributed by atoms with E-state index in [0.29, 0.717) is 27.7 Å². The van der Waals surface area contributed by atoms with Gasteiger partial charge in [-0.1, -0.05) is 23.2 Å². The summed E-state index contributed by atoms with van der Waals surface area (Å²) in [5.74, 6) is 0.378. The fraction of sp³-hybridized carbons (Fsp3) is 0. The average molecular weight is 289 g/mol. The van der Waals surface area contributed by atoms with Crippen molar-refractivity contribution in [3.05, 3.63) is 51.6 Å². The smallest absolute Gasteiger partial charge is 0.133 e. The van der Waals surface area contributed by atoms with E-state index in [4.69, 9.17) is 33.7 Å². The van der Waals surface area contributed by atoms with Crippen molar-refractivity contribution in [2.45, 2.75) is 0 Å². The summed E-state index contributed by atoms with van der Waals surface area (Å²) in [6, 6.07) is 11.8. The van der Waals surface area contributed by atoms with Gasteiger partial charge in [-0.3, -0.25) is 0 Å². The summed E-state index contributed by atoms with van der Waals surface area (Å²) in [4.78, 5) is 4.03. The van der Waals surface area contributed by atoms with Crippen LogP contribution in [0.15, 0.2) is 30.3 Å². The van der Waals surface area contributed by atoms with Crippen molar-refractivity contribution in [1.82, 2.24) is 4.98 Å². The summed E-state index contributed by atoms with van der Waals surface area (Å²) in [5.41, 5.74) is 1.31. The average Bonchev–Trinajstić information content (AvgIpc) is 2.38. The number of halogens is 2. The van der Waals surface area contributed by atoms with Gasteiger partial charge in [-0.15, -0.1) is 0 Å². The fourth-order valence-corrected chi connectivity index (χ4v) is 1.86. The van der Waals surface area contributed by atoms with Crippen LogP contribution in [0.3, 0.4) is 0 Å². The van der Waals surface area contributed by atoms with E-state index in [2.05, 4.69) is 10.3 Å². The van der Waals surface area contributed by atoms with Crippen molar-refractivity contribution in [3.8, 4) is 12.1 Å². The Morgan fingerprint density at radius 1 is 1.05 bits per heavy atom. The van der Waals surface area contributed by atoms with Crippen LogP contribution in [0, 0.1) is 22.7 Å². The van der Waals surface area contributed by atoms with Crippen molar-refractivity contribution in [3.63, 3.8) is 0 Å². The van der Waals surface area contributed by atoms with Gasteiger partial charge >= 0.3 is 0 Å². The lowest BCUT2D eigenvalue weighted by Gasteiger charge is -2.08. The molecule has 6 heteroatoms. The number of nitrogens with one attached hydrogen (secondary N) is 1. The predicted octanol–water partition coefficient (Wildman–Crippen LogP) is 3.88. The SMILES string of the molecule is N#Cc1cc(Cl)nc(Nc2cc(Cl)ccc2C#N)c1. The van der Waals surface area contributed by atoms with Gasteiger partial charge in [0.2, 0.25) is 0 Å². The minimum Gasteiger partial charge on any atom is -0.339 e. The van der Waals surface area contributed by atoms with Crippen LogP contribution in [0.4, 0.5) is 11.5 Å². The van der Waals surface area contributed by atoms with Crippen LogP contribution in [-0.2, 0) is 0 Å². The zero-order chi connectivity index (χ0) is 13.8. The van der Waals surface area contributed by atoms with E-state index in [1.807, 2.05) is 12.1 Å². The molecule has 0 spiro atoms. The molecule has 0 amide bonds. The molecule has 0 aliphatic carbocycles. The molecule has 2 rings (SSSR count). The number of aromatic nitrogens is 1. The molecule has 1 aromatic carbocycles. The Labute approximate surface area is 119 Å². The number of rotatable bonds is 2. The molecular formula is C13H6Cl2N4.